The maximum Gasteiger partial charge on any atom is 0.513 e. The van der Waals surface area contributed by atoms with Gasteiger partial charge in [0, 0.05) is 24.2 Å². The number of carbonyl (C=O) groups is 1. The Morgan fingerprint density at radius 1 is 1.25 bits per heavy atom. The molecule has 0 amide bonds. The van der Waals surface area contributed by atoms with Crippen LogP contribution in [0.3, 0.4) is 0 Å². The Kier molecular flexibility index (Phi) is 6.82. The van der Waals surface area contributed by atoms with Gasteiger partial charge >= 0.3 is 6.16 Å². The van der Waals surface area contributed by atoms with E-state index in [2.05, 4.69) is 54.3 Å². The van der Waals surface area contributed by atoms with Gasteiger partial charge in [0.2, 0.25) is 0 Å². The lowest BCUT2D eigenvalue weighted by atomic mass is 9.57. The molecule has 0 spiro atoms. The van der Waals surface area contributed by atoms with Crippen molar-refractivity contribution in [2.75, 3.05) is 6.61 Å². The fourth-order valence-electron chi connectivity index (χ4n) is 5.30. The van der Waals surface area contributed by atoms with Gasteiger partial charge in [-0.1, -0.05) is 40.3 Å². The van der Waals surface area contributed by atoms with Crippen molar-refractivity contribution < 1.29 is 28.2 Å². The molecular formula is C25H42O6Si. The average Bonchev–Trinajstić information content (AvgIpc) is 2.95. The standard InChI is InChI=1S/C25H42O6Si/c1-11-14-27-22(26)28-17-12-13-25(8)19(31-32(9,10)23(3,4)5)15-18-21(20(25)16(17)2)30-24(6,7)29-18/h11,18-21H,1,12-15H2,2-10H3/t18-,19-,20-,21+,25-/m0/s1. The Morgan fingerprint density at radius 3 is 2.50 bits per heavy atom. The van der Waals surface area contributed by atoms with Crippen LogP contribution < -0.4 is 0 Å². The molecule has 0 aromatic rings. The van der Waals surface area contributed by atoms with Crippen molar-refractivity contribution in [1.82, 2.24) is 0 Å². The zero-order chi connectivity index (χ0) is 24.1. The van der Waals surface area contributed by atoms with Gasteiger partial charge in [-0.15, -0.1) is 0 Å². The molecule has 0 radical (unpaired) electrons. The average molecular weight is 467 g/mol. The second-order valence-corrected chi connectivity index (χ2v) is 16.5. The second kappa shape index (κ2) is 8.57. The molecule has 0 N–H and O–H groups in total. The van der Waals surface area contributed by atoms with Crippen molar-refractivity contribution in [3.8, 4) is 0 Å². The highest BCUT2D eigenvalue weighted by molar-refractivity contribution is 6.74. The van der Waals surface area contributed by atoms with Crippen molar-refractivity contribution in [3.63, 3.8) is 0 Å². The zero-order valence-corrected chi connectivity index (χ0v) is 22.4. The topological polar surface area (TPSA) is 63.2 Å². The monoisotopic (exact) mass is 466 g/mol. The Balaban J connectivity index is 1.97. The molecule has 3 rings (SSSR count). The molecular weight excluding hydrogens is 424 g/mol. The Bertz CT molecular complexity index is 780. The van der Waals surface area contributed by atoms with E-state index in [1.54, 1.807) is 0 Å². The molecule has 1 heterocycles. The van der Waals surface area contributed by atoms with E-state index in [9.17, 15) is 4.79 Å². The zero-order valence-electron chi connectivity index (χ0n) is 21.4. The normalized spacial score (nSPS) is 34.5. The second-order valence-electron chi connectivity index (χ2n) is 11.8. The van der Waals surface area contributed by atoms with Gasteiger partial charge in [0.05, 0.1) is 18.3 Å². The van der Waals surface area contributed by atoms with Crippen LogP contribution in [0.5, 0.6) is 0 Å². The van der Waals surface area contributed by atoms with Crippen LogP contribution in [0.25, 0.3) is 0 Å². The van der Waals surface area contributed by atoms with Crippen molar-refractivity contribution in [2.24, 2.45) is 11.3 Å². The van der Waals surface area contributed by atoms with E-state index in [1.165, 1.54) is 6.08 Å². The number of rotatable bonds is 5. The van der Waals surface area contributed by atoms with E-state index in [-0.39, 0.29) is 41.3 Å². The molecule has 1 saturated carbocycles. The first-order chi connectivity index (χ1) is 14.6. The minimum absolute atomic E-state index is 0.0359. The van der Waals surface area contributed by atoms with Crippen LogP contribution in [0, 0.1) is 11.3 Å². The maximum absolute atomic E-state index is 12.1. The van der Waals surface area contributed by atoms with Crippen molar-refractivity contribution in [1.29, 1.82) is 0 Å². The first-order valence-electron chi connectivity index (χ1n) is 11.8. The molecule has 6 nitrogen and oxygen atoms in total. The van der Waals surface area contributed by atoms with Crippen LogP contribution in [0.2, 0.25) is 18.1 Å². The summed E-state index contributed by atoms with van der Waals surface area (Å²) in [7, 11) is -2.00. The van der Waals surface area contributed by atoms with Crippen LogP contribution in [-0.2, 0) is 23.4 Å². The Hall–Kier alpha value is -1.15. The Morgan fingerprint density at radius 2 is 1.91 bits per heavy atom. The lowest BCUT2D eigenvalue weighted by molar-refractivity contribution is -0.151. The van der Waals surface area contributed by atoms with Crippen LogP contribution in [0.1, 0.15) is 67.7 Å². The molecule has 7 heteroatoms. The first-order valence-corrected chi connectivity index (χ1v) is 14.7. The molecule has 182 valence electrons. The van der Waals surface area contributed by atoms with Crippen LogP contribution >= 0.6 is 0 Å². The predicted molar refractivity (Wildman–Crippen MR) is 127 cm³/mol. The molecule has 0 unspecified atom stereocenters. The minimum Gasteiger partial charge on any atom is -0.430 e. The van der Waals surface area contributed by atoms with E-state index in [0.29, 0.717) is 12.2 Å². The number of hydrogen-bond donors (Lipinski definition) is 0. The summed E-state index contributed by atoms with van der Waals surface area (Å²) in [4.78, 5) is 12.1. The summed E-state index contributed by atoms with van der Waals surface area (Å²) >= 11 is 0. The van der Waals surface area contributed by atoms with Gasteiger partial charge in [-0.25, -0.2) is 4.79 Å². The molecule has 1 saturated heterocycles. The summed E-state index contributed by atoms with van der Waals surface area (Å²) in [5, 5.41) is 0.116. The van der Waals surface area contributed by atoms with E-state index in [1.807, 2.05) is 13.8 Å². The van der Waals surface area contributed by atoms with Crippen LogP contribution in [-0.4, -0.2) is 45.2 Å². The largest absolute Gasteiger partial charge is 0.513 e. The van der Waals surface area contributed by atoms with Gasteiger partial charge in [-0.3, -0.25) is 0 Å². The number of ether oxygens (including phenoxy) is 4. The summed E-state index contributed by atoms with van der Waals surface area (Å²) in [5.41, 5.74) is 0.900. The minimum atomic E-state index is -2.00. The third kappa shape index (κ3) is 4.72. The first kappa shape index (κ1) is 25.5. The molecule has 0 aromatic carbocycles. The van der Waals surface area contributed by atoms with Gasteiger partial charge in [-0.2, -0.15) is 0 Å². The molecule has 1 aliphatic heterocycles. The fraction of sp³-hybridized carbons (Fsp3) is 0.800. The van der Waals surface area contributed by atoms with Crippen molar-refractivity contribution >= 4 is 14.5 Å². The highest BCUT2D eigenvalue weighted by atomic mass is 28.4. The van der Waals surface area contributed by atoms with E-state index in [0.717, 1.165) is 18.4 Å². The molecule has 2 aliphatic carbocycles. The summed E-state index contributed by atoms with van der Waals surface area (Å²) in [6.45, 7) is 23.5. The van der Waals surface area contributed by atoms with Gasteiger partial charge in [0.15, 0.2) is 14.1 Å². The third-order valence-corrected chi connectivity index (χ3v) is 12.5. The van der Waals surface area contributed by atoms with Gasteiger partial charge < -0.3 is 23.4 Å². The highest BCUT2D eigenvalue weighted by Gasteiger charge is 2.61. The smallest absolute Gasteiger partial charge is 0.430 e. The van der Waals surface area contributed by atoms with Gasteiger partial charge in [0.25, 0.3) is 0 Å². The van der Waals surface area contributed by atoms with Crippen molar-refractivity contribution in [3.05, 3.63) is 24.0 Å². The van der Waals surface area contributed by atoms with Gasteiger partial charge in [0.1, 0.15) is 12.4 Å². The quantitative estimate of drug-likeness (QED) is 0.268. The molecule has 0 aromatic heterocycles. The number of allylic oxidation sites excluding steroid dienone is 1. The maximum atomic E-state index is 12.1. The van der Waals surface area contributed by atoms with Crippen LogP contribution in [0.4, 0.5) is 4.79 Å². The lowest BCUT2D eigenvalue weighted by Crippen LogP contribution is -2.60. The SMILES string of the molecule is C=CCOC(=O)OC1=C(C)[C@H]2[C@@H]3OC(C)(C)O[C@H]3C[C@H](O[Si](C)(C)C(C)(C)C)[C@]2(C)CC1. The summed E-state index contributed by atoms with van der Waals surface area (Å²) in [6.07, 6.45) is 3.08. The molecule has 0 bridgehead atoms. The predicted octanol–water partition coefficient (Wildman–Crippen LogP) is 6.33. The summed E-state index contributed by atoms with van der Waals surface area (Å²) < 4.78 is 30.5. The third-order valence-electron chi connectivity index (χ3n) is 8.01. The fourth-order valence-corrected chi connectivity index (χ4v) is 6.73. The van der Waals surface area contributed by atoms with Crippen LogP contribution in [0.15, 0.2) is 24.0 Å². The summed E-state index contributed by atoms with van der Waals surface area (Å²) in [5.74, 6) is 0.0688. The highest BCUT2D eigenvalue weighted by Crippen LogP contribution is 2.58. The van der Waals surface area contributed by atoms with Gasteiger partial charge in [-0.05, 0) is 50.9 Å². The number of carbonyl (C=O) groups excluding carboxylic acids is 1. The molecule has 32 heavy (non-hydrogen) atoms. The summed E-state index contributed by atoms with van der Waals surface area (Å²) in [6, 6.07) is 0. The van der Waals surface area contributed by atoms with Crippen molar-refractivity contribution in [2.45, 2.75) is 110 Å². The molecule has 3 aliphatic rings. The van der Waals surface area contributed by atoms with E-state index < -0.39 is 20.3 Å². The van der Waals surface area contributed by atoms with E-state index >= 15 is 0 Å². The lowest BCUT2D eigenvalue weighted by Gasteiger charge is -2.56. The number of fused-ring (bicyclic) bond motifs is 3. The molecule has 2 fully saturated rings. The number of hydrogen-bond acceptors (Lipinski definition) is 6. The van der Waals surface area contributed by atoms with E-state index in [4.69, 9.17) is 23.4 Å². The molecule has 5 atom stereocenters. The Labute approximate surface area is 194 Å².